The van der Waals surface area contributed by atoms with Crippen molar-refractivity contribution in [3.63, 3.8) is 0 Å². The molecule has 0 fully saturated rings. The molecule has 0 aliphatic rings. The van der Waals surface area contributed by atoms with E-state index in [-0.39, 0.29) is 12.0 Å². The molecule has 0 saturated carbocycles. The van der Waals surface area contributed by atoms with Gasteiger partial charge >= 0.3 is 5.97 Å². The molecule has 0 saturated heterocycles. The average Bonchev–Trinajstić information content (AvgIpc) is 2.36. The van der Waals surface area contributed by atoms with Crippen LogP contribution in [0, 0.1) is 5.92 Å². The van der Waals surface area contributed by atoms with Crippen molar-refractivity contribution in [2.45, 2.75) is 32.9 Å². The van der Waals surface area contributed by atoms with E-state index in [1.54, 1.807) is 0 Å². The molecule has 1 atom stereocenters. The van der Waals surface area contributed by atoms with Crippen LogP contribution in [-0.2, 0) is 16.1 Å². The maximum Gasteiger partial charge on any atom is 0.324 e. The Morgan fingerprint density at radius 1 is 1.33 bits per heavy atom. The molecule has 0 amide bonds. The lowest BCUT2D eigenvalue weighted by molar-refractivity contribution is -0.147. The molecule has 1 aromatic rings. The summed E-state index contributed by atoms with van der Waals surface area (Å²) in [5.41, 5.74) is 1.01. The Balaban J connectivity index is 2.46. The Morgan fingerprint density at radius 2 is 2.00 bits per heavy atom. The normalized spacial score (nSPS) is 12.4. The highest BCUT2D eigenvalue weighted by Gasteiger charge is 2.20. The van der Waals surface area contributed by atoms with Crippen molar-refractivity contribution < 1.29 is 9.53 Å². The van der Waals surface area contributed by atoms with E-state index in [0.717, 1.165) is 12.0 Å². The van der Waals surface area contributed by atoms with Crippen LogP contribution in [0.5, 0.6) is 0 Å². The molecule has 0 bridgehead atoms. The first-order chi connectivity index (χ1) is 8.63. The lowest BCUT2D eigenvalue weighted by Gasteiger charge is -2.17. The number of rotatable bonds is 7. The third kappa shape index (κ3) is 5.56. The molecule has 100 valence electrons. The molecule has 0 radical (unpaired) electrons. The largest absolute Gasteiger partial charge is 0.460 e. The first-order valence-electron chi connectivity index (χ1n) is 6.12. The summed E-state index contributed by atoms with van der Waals surface area (Å²) in [4.78, 5) is 11.9. The lowest BCUT2D eigenvalue weighted by Crippen LogP contribution is -2.35. The fourth-order valence-electron chi connectivity index (χ4n) is 1.64. The van der Waals surface area contributed by atoms with Crippen LogP contribution in [0.25, 0.3) is 0 Å². The van der Waals surface area contributed by atoms with Crippen LogP contribution >= 0.6 is 11.9 Å². The van der Waals surface area contributed by atoms with Gasteiger partial charge in [-0.15, -0.1) is 0 Å². The molecular weight excluding hydrogens is 246 g/mol. The Labute approximate surface area is 113 Å². The number of esters is 1. The first-order valence-corrected chi connectivity index (χ1v) is 7.35. The van der Waals surface area contributed by atoms with E-state index in [4.69, 9.17) is 4.74 Å². The first kappa shape index (κ1) is 15.1. The smallest absolute Gasteiger partial charge is 0.324 e. The van der Waals surface area contributed by atoms with Gasteiger partial charge in [-0.1, -0.05) is 56.1 Å². The van der Waals surface area contributed by atoms with Gasteiger partial charge in [-0.3, -0.25) is 9.52 Å². The number of carbonyl (C=O) groups excluding carboxylic acids is 1. The van der Waals surface area contributed by atoms with E-state index >= 15 is 0 Å². The molecule has 0 heterocycles. The number of ether oxygens (including phenoxy) is 1. The summed E-state index contributed by atoms with van der Waals surface area (Å²) in [6.45, 7) is 4.53. The number of hydrogen-bond donors (Lipinski definition) is 1. The van der Waals surface area contributed by atoms with Crippen LogP contribution in [-0.4, -0.2) is 18.3 Å². The van der Waals surface area contributed by atoms with Crippen molar-refractivity contribution in [3.05, 3.63) is 35.9 Å². The quantitative estimate of drug-likeness (QED) is 0.609. The number of carbonyl (C=O) groups is 1. The van der Waals surface area contributed by atoms with Crippen molar-refractivity contribution in [3.8, 4) is 0 Å². The van der Waals surface area contributed by atoms with Crippen LogP contribution in [0.1, 0.15) is 25.8 Å². The van der Waals surface area contributed by atoms with Gasteiger partial charge in [0.1, 0.15) is 12.6 Å². The van der Waals surface area contributed by atoms with Gasteiger partial charge in [-0.2, -0.15) is 0 Å². The minimum Gasteiger partial charge on any atom is -0.460 e. The highest BCUT2D eigenvalue weighted by atomic mass is 32.2. The number of nitrogens with one attached hydrogen (secondary N) is 1. The minimum atomic E-state index is -0.233. The van der Waals surface area contributed by atoms with Gasteiger partial charge in [0.25, 0.3) is 0 Å². The monoisotopic (exact) mass is 267 g/mol. The SMILES string of the molecule is CSNC(CC(C)C)C(=O)OCc1ccccc1. The Morgan fingerprint density at radius 3 is 2.56 bits per heavy atom. The second-order valence-electron chi connectivity index (χ2n) is 4.60. The molecule has 0 aliphatic carbocycles. The van der Waals surface area contributed by atoms with Crippen molar-refractivity contribution >= 4 is 17.9 Å². The van der Waals surface area contributed by atoms with E-state index < -0.39 is 0 Å². The highest BCUT2D eigenvalue weighted by Crippen LogP contribution is 2.10. The fraction of sp³-hybridized carbons (Fsp3) is 0.500. The van der Waals surface area contributed by atoms with Crippen LogP contribution in [0.15, 0.2) is 30.3 Å². The van der Waals surface area contributed by atoms with Crippen molar-refractivity contribution in [2.24, 2.45) is 5.92 Å². The third-order valence-corrected chi connectivity index (χ3v) is 3.00. The zero-order valence-corrected chi connectivity index (χ0v) is 12.0. The average molecular weight is 267 g/mol. The fourth-order valence-corrected chi connectivity index (χ4v) is 2.11. The van der Waals surface area contributed by atoms with Crippen molar-refractivity contribution in [1.29, 1.82) is 0 Å². The molecule has 0 spiro atoms. The molecular formula is C14H21NO2S. The lowest BCUT2D eigenvalue weighted by atomic mass is 10.1. The molecule has 0 aromatic heterocycles. The predicted octanol–water partition coefficient (Wildman–Crippen LogP) is 3.01. The third-order valence-electron chi connectivity index (χ3n) is 2.48. The molecule has 1 rings (SSSR count). The van der Waals surface area contributed by atoms with Crippen molar-refractivity contribution in [1.82, 2.24) is 4.72 Å². The molecule has 4 heteroatoms. The second-order valence-corrected chi connectivity index (χ2v) is 5.24. The van der Waals surface area contributed by atoms with Gasteiger partial charge in [0.05, 0.1) is 0 Å². The zero-order valence-electron chi connectivity index (χ0n) is 11.2. The molecule has 1 N–H and O–H groups in total. The van der Waals surface area contributed by atoms with Crippen molar-refractivity contribution in [2.75, 3.05) is 6.26 Å². The maximum atomic E-state index is 11.9. The van der Waals surface area contributed by atoms with Gasteiger partial charge in [-0.05, 0) is 24.2 Å². The molecule has 3 nitrogen and oxygen atoms in total. The topological polar surface area (TPSA) is 38.3 Å². The summed E-state index contributed by atoms with van der Waals surface area (Å²) in [5.74, 6) is 0.279. The summed E-state index contributed by atoms with van der Waals surface area (Å²) in [7, 11) is 0. The van der Waals surface area contributed by atoms with Gasteiger partial charge in [0.2, 0.25) is 0 Å². The number of benzene rings is 1. The van der Waals surface area contributed by atoms with E-state index in [2.05, 4.69) is 18.6 Å². The summed E-state index contributed by atoms with van der Waals surface area (Å²) in [5, 5.41) is 0. The van der Waals surface area contributed by atoms with E-state index in [9.17, 15) is 4.79 Å². The summed E-state index contributed by atoms with van der Waals surface area (Å²) < 4.78 is 8.42. The summed E-state index contributed by atoms with van der Waals surface area (Å²) in [6.07, 6.45) is 2.70. The van der Waals surface area contributed by atoms with Gasteiger partial charge in [0, 0.05) is 0 Å². The Hall–Kier alpha value is -1.00. The standard InChI is InChI=1S/C14H21NO2S/c1-11(2)9-13(15-18-3)14(16)17-10-12-7-5-4-6-8-12/h4-8,11,13,15H,9-10H2,1-3H3. The molecule has 18 heavy (non-hydrogen) atoms. The van der Waals surface area contributed by atoms with Gasteiger partial charge < -0.3 is 4.74 Å². The van der Waals surface area contributed by atoms with Crippen LogP contribution < -0.4 is 4.72 Å². The second kappa shape index (κ2) is 8.16. The molecule has 1 unspecified atom stereocenters. The van der Waals surface area contributed by atoms with E-state index in [0.29, 0.717) is 12.5 Å². The van der Waals surface area contributed by atoms with E-state index in [1.807, 2.05) is 36.6 Å². The predicted molar refractivity (Wildman–Crippen MR) is 76.1 cm³/mol. The maximum absolute atomic E-state index is 11.9. The highest BCUT2D eigenvalue weighted by molar-refractivity contribution is 7.96. The van der Waals surface area contributed by atoms with E-state index in [1.165, 1.54) is 11.9 Å². The van der Waals surface area contributed by atoms with Crippen LogP contribution in [0.3, 0.4) is 0 Å². The Bertz CT molecular complexity index is 354. The van der Waals surface area contributed by atoms with Gasteiger partial charge in [-0.25, -0.2) is 0 Å². The number of hydrogen-bond acceptors (Lipinski definition) is 4. The van der Waals surface area contributed by atoms with Crippen LogP contribution in [0.2, 0.25) is 0 Å². The summed E-state index contributed by atoms with van der Waals surface area (Å²) in [6, 6.07) is 9.49. The molecule has 0 aliphatic heterocycles. The minimum absolute atomic E-state index is 0.179. The summed E-state index contributed by atoms with van der Waals surface area (Å²) >= 11 is 1.45. The van der Waals surface area contributed by atoms with Gasteiger partial charge in [0.15, 0.2) is 0 Å². The Kier molecular flexibility index (Phi) is 6.83. The van der Waals surface area contributed by atoms with Crippen LogP contribution in [0.4, 0.5) is 0 Å². The zero-order chi connectivity index (χ0) is 13.4. The molecule has 1 aromatic carbocycles.